The van der Waals surface area contributed by atoms with Crippen molar-refractivity contribution in [2.75, 3.05) is 25.1 Å². The lowest BCUT2D eigenvalue weighted by Crippen LogP contribution is -2.44. The Labute approximate surface area is 193 Å². The van der Waals surface area contributed by atoms with Crippen LogP contribution in [0.4, 0.5) is 5.69 Å². The molecule has 0 saturated carbocycles. The van der Waals surface area contributed by atoms with Crippen molar-refractivity contribution in [2.45, 2.75) is 19.4 Å². The van der Waals surface area contributed by atoms with E-state index in [0.29, 0.717) is 18.5 Å². The number of carbonyl (C=O) groups excluding carboxylic acids is 3. The van der Waals surface area contributed by atoms with Gasteiger partial charge in [0.25, 0.3) is 5.91 Å². The number of halogens is 1. The van der Waals surface area contributed by atoms with E-state index in [2.05, 4.69) is 31.5 Å². The van der Waals surface area contributed by atoms with Crippen molar-refractivity contribution in [3.63, 3.8) is 0 Å². The zero-order valence-electron chi connectivity index (χ0n) is 17.7. The molecule has 2 aromatic carbocycles. The molecule has 0 spiro atoms. The summed E-state index contributed by atoms with van der Waals surface area (Å²) in [4.78, 5) is 42.4. The maximum atomic E-state index is 12.8. The van der Waals surface area contributed by atoms with Gasteiger partial charge in [-0.25, -0.2) is 0 Å². The van der Waals surface area contributed by atoms with Crippen LogP contribution >= 0.6 is 15.9 Å². The summed E-state index contributed by atoms with van der Waals surface area (Å²) >= 11 is 3.40. The monoisotopic (exact) mass is 498 g/mol. The maximum Gasteiger partial charge on any atom is 0.310 e. The van der Waals surface area contributed by atoms with Crippen LogP contribution in [0.15, 0.2) is 47.1 Å². The zero-order valence-corrected chi connectivity index (χ0v) is 19.3. The molecule has 3 amide bonds. The number of H-pyrrole nitrogens is 1. The van der Waals surface area contributed by atoms with Gasteiger partial charge in [-0.05, 0) is 55.3 Å². The first kappa shape index (κ1) is 21.9. The second-order valence-corrected chi connectivity index (χ2v) is 8.34. The number of rotatable bonds is 6. The van der Waals surface area contributed by atoms with Gasteiger partial charge in [0.2, 0.25) is 0 Å². The Kier molecular flexibility index (Phi) is 6.18. The molecule has 1 atom stereocenters. The Morgan fingerprint density at radius 3 is 2.75 bits per heavy atom. The summed E-state index contributed by atoms with van der Waals surface area (Å²) < 4.78 is 6.06. The summed E-state index contributed by atoms with van der Waals surface area (Å²) in [6.07, 6.45) is 2.41. The number of hydrogen-bond acceptors (Lipinski definition) is 4. The highest BCUT2D eigenvalue weighted by Crippen LogP contribution is 2.37. The molecule has 2 heterocycles. The van der Waals surface area contributed by atoms with E-state index in [9.17, 15) is 14.4 Å². The minimum atomic E-state index is -0.887. The molecule has 0 aliphatic carbocycles. The fourth-order valence-corrected chi connectivity index (χ4v) is 4.33. The van der Waals surface area contributed by atoms with Gasteiger partial charge in [-0.1, -0.05) is 15.9 Å². The Hall–Kier alpha value is -3.33. The summed E-state index contributed by atoms with van der Waals surface area (Å²) in [5.74, 6) is -1.12. The van der Waals surface area contributed by atoms with Gasteiger partial charge in [-0.15, -0.1) is 0 Å². The average molecular weight is 499 g/mol. The van der Waals surface area contributed by atoms with Crippen molar-refractivity contribution in [2.24, 2.45) is 0 Å². The number of benzene rings is 2. The zero-order chi connectivity index (χ0) is 22.8. The molecule has 32 heavy (non-hydrogen) atoms. The molecule has 166 valence electrons. The fraction of sp³-hybridized carbons (Fsp3) is 0.261. The Morgan fingerprint density at radius 1 is 1.19 bits per heavy atom. The number of methoxy groups -OCH3 is 1. The number of anilines is 1. The van der Waals surface area contributed by atoms with Crippen molar-refractivity contribution in [3.05, 3.63) is 58.2 Å². The van der Waals surface area contributed by atoms with E-state index in [1.807, 2.05) is 43.5 Å². The molecule has 4 rings (SSSR count). The lowest BCUT2D eigenvalue weighted by atomic mass is 10.1. The summed E-state index contributed by atoms with van der Waals surface area (Å²) in [7, 11) is 1.61. The normalized spacial score (nSPS) is 15.0. The molecule has 3 aromatic rings. The molecule has 3 N–H and O–H groups in total. The van der Waals surface area contributed by atoms with E-state index < -0.39 is 17.9 Å². The quantitative estimate of drug-likeness (QED) is 0.454. The van der Waals surface area contributed by atoms with Gasteiger partial charge >= 0.3 is 11.8 Å². The number of nitrogens with zero attached hydrogens (tertiary/aromatic N) is 1. The van der Waals surface area contributed by atoms with E-state index in [1.165, 1.54) is 0 Å². The molecular formula is C23H23BrN4O4. The van der Waals surface area contributed by atoms with Gasteiger partial charge in [0.15, 0.2) is 0 Å². The summed E-state index contributed by atoms with van der Waals surface area (Å²) in [5.41, 5.74) is 3.37. The molecule has 1 unspecified atom stereocenters. The largest absolute Gasteiger partial charge is 0.497 e. The predicted molar refractivity (Wildman–Crippen MR) is 125 cm³/mol. The lowest BCUT2D eigenvalue weighted by molar-refractivity contribution is -0.140. The Morgan fingerprint density at radius 2 is 2.00 bits per heavy atom. The first-order valence-electron chi connectivity index (χ1n) is 10.3. The Balaban J connectivity index is 1.38. The van der Waals surface area contributed by atoms with Crippen molar-refractivity contribution >= 4 is 50.2 Å². The van der Waals surface area contributed by atoms with E-state index in [0.717, 1.165) is 32.4 Å². The van der Waals surface area contributed by atoms with Gasteiger partial charge in [-0.3, -0.25) is 14.4 Å². The van der Waals surface area contributed by atoms with Gasteiger partial charge < -0.3 is 25.3 Å². The predicted octanol–water partition coefficient (Wildman–Crippen LogP) is 2.82. The third kappa shape index (κ3) is 4.08. The van der Waals surface area contributed by atoms with Crippen LogP contribution in [0.2, 0.25) is 0 Å². The van der Waals surface area contributed by atoms with Crippen molar-refractivity contribution in [3.8, 4) is 5.75 Å². The first-order valence-corrected chi connectivity index (χ1v) is 11.1. The minimum Gasteiger partial charge on any atom is -0.497 e. The van der Waals surface area contributed by atoms with Crippen molar-refractivity contribution in [1.29, 1.82) is 0 Å². The molecular weight excluding hydrogens is 476 g/mol. The van der Waals surface area contributed by atoms with Gasteiger partial charge in [0.1, 0.15) is 11.8 Å². The van der Waals surface area contributed by atoms with Crippen molar-refractivity contribution < 1.29 is 19.1 Å². The third-order valence-electron chi connectivity index (χ3n) is 5.56. The highest BCUT2D eigenvalue weighted by molar-refractivity contribution is 9.10. The number of hydrogen-bond donors (Lipinski definition) is 3. The van der Waals surface area contributed by atoms with E-state index in [-0.39, 0.29) is 12.5 Å². The summed E-state index contributed by atoms with van der Waals surface area (Å²) in [6.45, 7) is 2.61. The first-order chi connectivity index (χ1) is 15.4. The molecule has 1 aromatic heterocycles. The van der Waals surface area contributed by atoms with Crippen LogP contribution in [0.3, 0.4) is 0 Å². The highest BCUT2D eigenvalue weighted by atomic mass is 79.9. The summed E-state index contributed by atoms with van der Waals surface area (Å²) in [5, 5.41) is 6.21. The number of aromatic amines is 1. The van der Waals surface area contributed by atoms with Crippen LogP contribution in [0.5, 0.6) is 5.75 Å². The second-order valence-electron chi connectivity index (χ2n) is 7.42. The van der Waals surface area contributed by atoms with E-state index >= 15 is 0 Å². The van der Waals surface area contributed by atoms with E-state index in [4.69, 9.17) is 4.74 Å². The molecule has 1 aliphatic rings. The number of ether oxygens (including phenoxy) is 1. The van der Waals surface area contributed by atoms with E-state index in [1.54, 1.807) is 18.1 Å². The maximum absolute atomic E-state index is 12.8. The number of nitrogens with one attached hydrogen (secondary N) is 3. The molecule has 9 heteroatoms. The SMILES string of the molecule is CCN1C(=O)C(NC(=O)C(=O)NCCc2c[nH]c3ccc(OC)cc23)c2cc(Br)ccc21. The topological polar surface area (TPSA) is 104 Å². The lowest BCUT2D eigenvalue weighted by Gasteiger charge is -2.15. The van der Waals surface area contributed by atoms with Gasteiger partial charge in [0.05, 0.1) is 7.11 Å². The number of aromatic nitrogens is 1. The van der Waals surface area contributed by atoms with Crippen LogP contribution < -0.4 is 20.3 Å². The molecule has 0 bridgehead atoms. The second kappa shape index (κ2) is 9.04. The Bertz CT molecular complexity index is 1210. The third-order valence-corrected chi connectivity index (χ3v) is 6.05. The van der Waals surface area contributed by atoms with Gasteiger partial charge in [-0.2, -0.15) is 0 Å². The van der Waals surface area contributed by atoms with Crippen LogP contribution in [-0.4, -0.2) is 42.9 Å². The number of likely N-dealkylation sites (N-methyl/N-ethyl adjacent to an activating group) is 1. The molecule has 0 saturated heterocycles. The minimum absolute atomic E-state index is 0.255. The molecule has 0 fully saturated rings. The standard InChI is InChI=1S/C23H23BrN4O4/c1-3-28-19-7-4-14(24)10-17(19)20(23(28)31)27-22(30)21(29)25-9-8-13-12-26-18-6-5-15(32-2)11-16(13)18/h4-7,10-12,20,26H,3,8-9H2,1-2H3,(H,25,29)(H,27,30). The van der Waals surface area contributed by atoms with Crippen LogP contribution in [0.25, 0.3) is 10.9 Å². The highest BCUT2D eigenvalue weighted by Gasteiger charge is 2.38. The molecule has 0 radical (unpaired) electrons. The van der Waals surface area contributed by atoms with Crippen LogP contribution in [0.1, 0.15) is 24.1 Å². The number of amides is 3. The molecule has 1 aliphatic heterocycles. The van der Waals surface area contributed by atoms with Crippen molar-refractivity contribution in [1.82, 2.24) is 15.6 Å². The van der Waals surface area contributed by atoms with Gasteiger partial charge in [0, 0.05) is 45.9 Å². The summed E-state index contributed by atoms with van der Waals surface area (Å²) in [6, 6.07) is 10.3. The smallest absolute Gasteiger partial charge is 0.310 e. The number of fused-ring (bicyclic) bond motifs is 2. The molecule has 8 nitrogen and oxygen atoms in total. The average Bonchev–Trinajstić information content (AvgIpc) is 3.31. The number of carbonyl (C=O) groups is 3. The van der Waals surface area contributed by atoms with Crippen LogP contribution in [0, 0.1) is 0 Å². The fourth-order valence-electron chi connectivity index (χ4n) is 3.95. The van der Waals surface area contributed by atoms with Crippen LogP contribution in [-0.2, 0) is 20.8 Å².